The molecule has 1 heterocycles. The van der Waals surface area contributed by atoms with Gasteiger partial charge in [-0.25, -0.2) is 4.79 Å². The number of hydrogen-bond acceptors (Lipinski definition) is 8. The average molecular weight is 497 g/mol. The minimum absolute atomic E-state index is 0.149. The van der Waals surface area contributed by atoms with Crippen LogP contribution in [-0.2, 0) is 23.9 Å². The molecule has 3 rings (SSSR count). The summed E-state index contributed by atoms with van der Waals surface area (Å²) in [5, 5.41) is 2.08. The molecule has 9 nitrogen and oxygen atoms in total. The Bertz CT molecular complexity index is 1170. The van der Waals surface area contributed by atoms with E-state index >= 15 is 0 Å². The van der Waals surface area contributed by atoms with Crippen LogP contribution >= 0.6 is 11.8 Å². The number of amides is 3. The van der Waals surface area contributed by atoms with Crippen molar-refractivity contribution < 1.29 is 33.4 Å². The number of rotatable bonds is 8. The van der Waals surface area contributed by atoms with Crippen LogP contribution in [0.4, 0.5) is 10.5 Å². The molecule has 10 heteroatoms. The van der Waals surface area contributed by atoms with Crippen molar-refractivity contribution in [2.75, 3.05) is 18.5 Å². The van der Waals surface area contributed by atoms with Crippen LogP contribution in [0, 0.1) is 6.92 Å². The Hall–Kier alpha value is -3.92. The molecule has 0 aliphatic carbocycles. The lowest BCUT2D eigenvalue weighted by Crippen LogP contribution is -2.35. The van der Waals surface area contributed by atoms with Crippen LogP contribution in [0.5, 0.6) is 0 Å². The zero-order valence-electron chi connectivity index (χ0n) is 19.4. The molecule has 0 saturated carbocycles. The maximum atomic E-state index is 12.5. The molecule has 0 bridgehead atoms. The van der Waals surface area contributed by atoms with Gasteiger partial charge in [-0.3, -0.25) is 24.1 Å². The zero-order chi connectivity index (χ0) is 25.5. The minimum atomic E-state index is -0.681. The van der Waals surface area contributed by atoms with Crippen molar-refractivity contribution in [1.82, 2.24) is 4.90 Å². The van der Waals surface area contributed by atoms with Crippen LogP contribution < -0.4 is 5.32 Å². The third kappa shape index (κ3) is 7.28. The number of nitrogens with zero attached hydrogens (tertiary/aromatic N) is 1. The van der Waals surface area contributed by atoms with Crippen molar-refractivity contribution in [3.05, 3.63) is 70.1 Å². The van der Waals surface area contributed by atoms with E-state index in [0.717, 1.165) is 10.5 Å². The Balaban J connectivity index is 1.55. The highest BCUT2D eigenvalue weighted by molar-refractivity contribution is 8.18. The average Bonchev–Trinajstić information content (AvgIpc) is 3.06. The van der Waals surface area contributed by atoms with Gasteiger partial charge in [0, 0.05) is 5.69 Å². The number of imide groups is 1. The van der Waals surface area contributed by atoms with Gasteiger partial charge in [0.25, 0.3) is 17.1 Å². The zero-order valence-corrected chi connectivity index (χ0v) is 20.2. The van der Waals surface area contributed by atoms with Gasteiger partial charge in [-0.2, -0.15) is 0 Å². The van der Waals surface area contributed by atoms with Gasteiger partial charge in [-0.15, -0.1) is 0 Å². The molecular formula is C25H24N2O7S. The van der Waals surface area contributed by atoms with E-state index in [2.05, 4.69) is 5.32 Å². The summed E-state index contributed by atoms with van der Waals surface area (Å²) in [5.74, 6) is -2.41. The molecule has 1 fully saturated rings. The Kier molecular flexibility index (Phi) is 8.43. The molecule has 0 radical (unpaired) electrons. The van der Waals surface area contributed by atoms with Crippen molar-refractivity contribution in [3.8, 4) is 0 Å². The summed E-state index contributed by atoms with van der Waals surface area (Å²) in [4.78, 5) is 61.7. The number of ether oxygens (including phenoxy) is 2. The normalized spacial score (nSPS) is 14.4. The Morgan fingerprint density at radius 2 is 1.69 bits per heavy atom. The predicted octanol–water partition coefficient (Wildman–Crippen LogP) is 3.78. The minimum Gasteiger partial charge on any atom is -0.462 e. The van der Waals surface area contributed by atoms with E-state index in [1.807, 2.05) is 19.1 Å². The van der Waals surface area contributed by atoms with E-state index in [1.54, 1.807) is 38.1 Å². The van der Waals surface area contributed by atoms with E-state index in [1.165, 1.54) is 18.2 Å². The highest BCUT2D eigenvalue weighted by Gasteiger charge is 2.36. The first-order chi connectivity index (χ1) is 16.6. The summed E-state index contributed by atoms with van der Waals surface area (Å²) in [6.45, 7) is 4.38. The third-order valence-corrected chi connectivity index (χ3v) is 5.55. The number of carbonyl (C=O) groups is 5. The molecule has 0 spiro atoms. The fourth-order valence-electron chi connectivity index (χ4n) is 2.98. The van der Waals surface area contributed by atoms with Crippen LogP contribution in [0.25, 0.3) is 6.08 Å². The standard InChI is InChI=1S/C25H24N2O7S/c1-15(2)34-22(29)13-27-23(30)20(35-25(27)32)12-17-6-8-18(9-7-17)24(31)33-14-21(28)26-19-10-4-16(3)5-11-19/h4-12,15H,13-14H2,1-3H3,(H,26,28)/b20-12-. The number of nitrogens with one attached hydrogen (secondary N) is 1. The lowest BCUT2D eigenvalue weighted by Gasteiger charge is -2.13. The fraction of sp³-hybridized carbons (Fsp3) is 0.240. The first kappa shape index (κ1) is 25.7. The van der Waals surface area contributed by atoms with Gasteiger partial charge in [0.2, 0.25) is 0 Å². The highest BCUT2D eigenvalue weighted by atomic mass is 32.2. The molecule has 0 atom stereocenters. The lowest BCUT2D eigenvalue weighted by molar-refractivity contribution is -0.149. The van der Waals surface area contributed by atoms with Crippen LogP contribution in [0.1, 0.15) is 35.3 Å². The molecule has 1 N–H and O–H groups in total. The smallest absolute Gasteiger partial charge is 0.338 e. The van der Waals surface area contributed by atoms with Crippen molar-refractivity contribution >= 4 is 52.5 Å². The second-order valence-corrected chi connectivity index (χ2v) is 8.91. The second kappa shape index (κ2) is 11.5. The van der Waals surface area contributed by atoms with Crippen LogP contribution in [0.2, 0.25) is 0 Å². The number of esters is 2. The summed E-state index contributed by atoms with van der Waals surface area (Å²) in [7, 11) is 0. The number of carbonyl (C=O) groups excluding carboxylic acids is 5. The maximum absolute atomic E-state index is 12.5. The van der Waals surface area contributed by atoms with Crippen molar-refractivity contribution in [2.45, 2.75) is 26.9 Å². The van der Waals surface area contributed by atoms with Crippen LogP contribution in [0.15, 0.2) is 53.4 Å². The molecular weight excluding hydrogens is 472 g/mol. The van der Waals surface area contributed by atoms with Crippen molar-refractivity contribution in [1.29, 1.82) is 0 Å². The summed E-state index contributed by atoms with van der Waals surface area (Å²) >= 11 is 0.715. The fourth-order valence-corrected chi connectivity index (χ4v) is 3.82. The number of hydrogen-bond donors (Lipinski definition) is 1. The SMILES string of the molecule is Cc1ccc(NC(=O)COC(=O)c2ccc(/C=C3\SC(=O)N(CC(=O)OC(C)C)C3=O)cc2)cc1. The van der Waals surface area contributed by atoms with Gasteiger partial charge >= 0.3 is 11.9 Å². The molecule has 2 aromatic rings. The summed E-state index contributed by atoms with van der Waals surface area (Å²) in [6.07, 6.45) is 1.13. The van der Waals surface area contributed by atoms with E-state index in [4.69, 9.17) is 9.47 Å². The van der Waals surface area contributed by atoms with Crippen LogP contribution in [0.3, 0.4) is 0 Å². The molecule has 182 valence electrons. The first-order valence-corrected chi connectivity index (χ1v) is 11.5. The molecule has 1 aliphatic rings. The van der Waals surface area contributed by atoms with E-state index in [-0.39, 0.29) is 16.6 Å². The molecule has 35 heavy (non-hydrogen) atoms. The van der Waals surface area contributed by atoms with E-state index in [9.17, 15) is 24.0 Å². The van der Waals surface area contributed by atoms with E-state index in [0.29, 0.717) is 23.0 Å². The van der Waals surface area contributed by atoms with Gasteiger partial charge in [0.15, 0.2) is 6.61 Å². The molecule has 1 aliphatic heterocycles. The first-order valence-electron chi connectivity index (χ1n) is 10.7. The Morgan fingerprint density at radius 1 is 1.03 bits per heavy atom. The highest BCUT2D eigenvalue weighted by Crippen LogP contribution is 2.32. The number of aryl methyl sites for hydroxylation is 1. The van der Waals surface area contributed by atoms with Gasteiger partial charge in [0.05, 0.1) is 16.6 Å². The lowest BCUT2D eigenvalue weighted by atomic mass is 10.1. The summed E-state index contributed by atoms with van der Waals surface area (Å²) in [6, 6.07) is 13.3. The quantitative estimate of drug-likeness (QED) is 0.433. The molecule has 0 aromatic heterocycles. The Morgan fingerprint density at radius 3 is 2.31 bits per heavy atom. The topological polar surface area (TPSA) is 119 Å². The number of anilines is 1. The molecule has 1 saturated heterocycles. The van der Waals surface area contributed by atoms with Crippen molar-refractivity contribution in [3.63, 3.8) is 0 Å². The molecule has 0 unspecified atom stereocenters. The molecule has 3 amide bonds. The van der Waals surface area contributed by atoms with Crippen LogP contribution in [-0.4, -0.2) is 53.1 Å². The van der Waals surface area contributed by atoms with Gasteiger partial charge < -0.3 is 14.8 Å². The van der Waals surface area contributed by atoms with Gasteiger partial charge in [-0.05, 0) is 68.4 Å². The monoisotopic (exact) mass is 496 g/mol. The largest absolute Gasteiger partial charge is 0.462 e. The van der Waals surface area contributed by atoms with Gasteiger partial charge in [0.1, 0.15) is 6.54 Å². The third-order valence-electron chi connectivity index (χ3n) is 4.64. The summed E-state index contributed by atoms with van der Waals surface area (Å²) < 4.78 is 10.0. The van der Waals surface area contributed by atoms with E-state index < -0.39 is 42.1 Å². The maximum Gasteiger partial charge on any atom is 0.338 e. The van der Waals surface area contributed by atoms with Crippen molar-refractivity contribution in [2.24, 2.45) is 0 Å². The van der Waals surface area contributed by atoms with Gasteiger partial charge in [-0.1, -0.05) is 29.8 Å². The summed E-state index contributed by atoms with van der Waals surface area (Å²) in [5.41, 5.74) is 2.44. The Labute approximate surface area is 206 Å². The molecule has 2 aromatic carbocycles. The number of thioether (sulfide) groups is 1. The predicted molar refractivity (Wildman–Crippen MR) is 130 cm³/mol. The number of benzene rings is 2. The second-order valence-electron chi connectivity index (χ2n) is 7.92.